The third-order valence-electron chi connectivity index (χ3n) is 6.13. The summed E-state index contributed by atoms with van der Waals surface area (Å²) >= 11 is 0. The van der Waals surface area contributed by atoms with Crippen molar-refractivity contribution in [2.45, 2.75) is 51.4 Å². The Bertz CT molecular complexity index is 979. The minimum Gasteiger partial charge on any atom is -0.494 e. The summed E-state index contributed by atoms with van der Waals surface area (Å²) in [5.41, 5.74) is 9.89. The number of ether oxygens (including phenoxy) is 1. The highest BCUT2D eigenvalue weighted by atomic mass is 16.5. The lowest BCUT2D eigenvalue weighted by Crippen LogP contribution is -2.14. The first-order valence-corrected chi connectivity index (χ1v) is 9.53. The van der Waals surface area contributed by atoms with Crippen molar-refractivity contribution < 1.29 is 4.74 Å². The highest BCUT2D eigenvalue weighted by Gasteiger charge is 2.47. The van der Waals surface area contributed by atoms with Crippen molar-refractivity contribution in [3.8, 4) is 0 Å². The Morgan fingerprint density at radius 1 is 1.15 bits per heavy atom. The van der Waals surface area contributed by atoms with E-state index in [0.29, 0.717) is 5.41 Å². The van der Waals surface area contributed by atoms with Gasteiger partial charge in [0.25, 0.3) is 0 Å². The molecule has 3 heterocycles. The molecule has 1 fully saturated rings. The number of aryl methyl sites for hydroxylation is 3. The maximum Gasteiger partial charge on any atom is 0.146 e. The SMILES string of the molecule is COC1=CC(c2cc3c([nH]2)CCCC32CC2)=N/C1=C\c1[nH]c(C)cc1C. The van der Waals surface area contributed by atoms with Crippen LogP contribution in [0.1, 0.15) is 59.6 Å². The van der Waals surface area contributed by atoms with Crippen molar-refractivity contribution in [2.75, 3.05) is 7.11 Å². The Kier molecular flexibility index (Phi) is 3.33. The van der Waals surface area contributed by atoms with E-state index in [1.165, 1.54) is 36.9 Å². The van der Waals surface area contributed by atoms with Crippen LogP contribution in [0, 0.1) is 13.8 Å². The molecule has 3 aliphatic rings. The molecule has 0 bridgehead atoms. The molecule has 4 heteroatoms. The van der Waals surface area contributed by atoms with Crippen molar-refractivity contribution in [3.05, 3.63) is 63.6 Å². The van der Waals surface area contributed by atoms with Gasteiger partial charge in [-0.2, -0.15) is 0 Å². The number of allylic oxidation sites excluding steroid dienone is 1. The molecule has 0 amide bonds. The summed E-state index contributed by atoms with van der Waals surface area (Å²) in [5.74, 6) is 0.820. The third kappa shape index (κ3) is 2.39. The number of methoxy groups -OCH3 is 1. The number of aliphatic imine (C=N–C) groups is 1. The highest BCUT2D eigenvalue weighted by molar-refractivity contribution is 6.11. The molecule has 0 atom stereocenters. The molecule has 2 N–H and O–H groups in total. The number of aromatic nitrogens is 2. The monoisotopic (exact) mass is 347 g/mol. The number of rotatable bonds is 3. The second-order valence-electron chi connectivity index (χ2n) is 8.00. The van der Waals surface area contributed by atoms with Crippen molar-refractivity contribution in [2.24, 2.45) is 4.99 Å². The van der Waals surface area contributed by atoms with E-state index in [4.69, 9.17) is 9.73 Å². The molecule has 0 saturated heterocycles. The number of fused-ring (bicyclic) bond motifs is 2. The molecule has 4 nitrogen and oxygen atoms in total. The smallest absolute Gasteiger partial charge is 0.146 e. The van der Waals surface area contributed by atoms with Gasteiger partial charge in [-0.3, -0.25) is 0 Å². The quantitative estimate of drug-likeness (QED) is 0.830. The van der Waals surface area contributed by atoms with Gasteiger partial charge in [0, 0.05) is 23.2 Å². The van der Waals surface area contributed by atoms with E-state index in [1.54, 1.807) is 12.7 Å². The van der Waals surface area contributed by atoms with E-state index < -0.39 is 0 Å². The number of nitrogens with one attached hydrogen (secondary N) is 2. The summed E-state index contributed by atoms with van der Waals surface area (Å²) in [6.45, 7) is 4.18. The van der Waals surface area contributed by atoms with Gasteiger partial charge in [0.2, 0.25) is 0 Å². The predicted molar refractivity (Wildman–Crippen MR) is 105 cm³/mol. The number of H-pyrrole nitrogens is 2. The lowest BCUT2D eigenvalue weighted by molar-refractivity contribution is 0.303. The van der Waals surface area contributed by atoms with Crippen molar-refractivity contribution in [1.82, 2.24) is 9.97 Å². The molecule has 0 unspecified atom stereocenters. The van der Waals surface area contributed by atoms with Crippen LogP contribution in [0.2, 0.25) is 0 Å². The molecule has 2 aliphatic carbocycles. The minimum absolute atomic E-state index is 0.479. The molecule has 2 aromatic heterocycles. The van der Waals surface area contributed by atoms with E-state index in [9.17, 15) is 0 Å². The predicted octanol–water partition coefficient (Wildman–Crippen LogP) is 4.70. The fourth-order valence-electron chi connectivity index (χ4n) is 4.57. The molecular formula is C22H25N3O. The average Bonchev–Trinajstić information content (AvgIpc) is 2.96. The topological polar surface area (TPSA) is 53.2 Å². The first-order valence-electron chi connectivity index (χ1n) is 9.53. The molecule has 1 aliphatic heterocycles. The molecule has 0 radical (unpaired) electrons. The van der Waals surface area contributed by atoms with Gasteiger partial charge in [0.05, 0.1) is 18.5 Å². The molecule has 134 valence electrons. The Balaban J connectivity index is 1.53. The first kappa shape index (κ1) is 15.7. The standard InChI is InChI=1S/C22H25N3O/c1-13-9-14(2)23-17(13)11-20-21(26-3)12-19(25-20)18-10-15-16(24-18)5-4-6-22(15)7-8-22/h9-12,23-24H,4-8H2,1-3H3/b20-11-. The van der Waals surface area contributed by atoms with Crippen LogP contribution in [0.4, 0.5) is 0 Å². The van der Waals surface area contributed by atoms with E-state index >= 15 is 0 Å². The Morgan fingerprint density at radius 3 is 2.69 bits per heavy atom. The zero-order valence-corrected chi connectivity index (χ0v) is 15.7. The van der Waals surface area contributed by atoms with Crippen molar-refractivity contribution in [3.63, 3.8) is 0 Å². The normalized spacial score (nSPS) is 21.7. The van der Waals surface area contributed by atoms with E-state index in [0.717, 1.165) is 40.7 Å². The third-order valence-corrected chi connectivity index (χ3v) is 6.13. The largest absolute Gasteiger partial charge is 0.494 e. The summed E-state index contributed by atoms with van der Waals surface area (Å²) in [5, 5.41) is 0. The molecule has 1 spiro atoms. The van der Waals surface area contributed by atoms with Crippen LogP contribution in [0.15, 0.2) is 34.7 Å². The van der Waals surface area contributed by atoms with Crippen molar-refractivity contribution in [1.29, 1.82) is 0 Å². The number of hydrogen-bond donors (Lipinski definition) is 2. The van der Waals surface area contributed by atoms with E-state index in [1.807, 2.05) is 6.08 Å². The summed E-state index contributed by atoms with van der Waals surface area (Å²) < 4.78 is 5.60. The lowest BCUT2D eigenvalue weighted by Gasteiger charge is -2.21. The second kappa shape index (κ2) is 5.50. The van der Waals surface area contributed by atoms with E-state index in [-0.39, 0.29) is 0 Å². The summed E-state index contributed by atoms with van der Waals surface area (Å²) in [4.78, 5) is 11.9. The molecular weight excluding hydrogens is 322 g/mol. The Labute approximate surface area is 154 Å². The van der Waals surface area contributed by atoms with E-state index in [2.05, 4.69) is 42.0 Å². The summed E-state index contributed by atoms with van der Waals surface area (Å²) in [7, 11) is 1.71. The summed E-state index contributed by atoms with van der Waals surface area (Å²) in [6, 6.07) is 4.49. The maximum absolute atomic E-state index is 5.60. The highest BCUT2D eigenvalue weighted by Crippen LogP contribution is 2.55. The fraction of sp³-hybridized carbons (Fsp3) is 0.409. The molecule has 2 aromatic rings. The van der Waals surface area contributed by atoms with Crippen LogP contribution in [-0.4, -0.2) is 22.8 Å². The van der Waals surface area contributed by atoms with Crippen LogP contribution < -0.4 is 0 Å². The minimum atomic E-state index is 0.479. The van der Waals surface area contributed by atoms with Gasteiger partial charge in [-0.15, -0.1) is 0 Å². The summed E-state index contributed by atoms with van der Waals surface area (Å²) in [6.07, 6.45) is 10.6. The number of hydrogen-bond acceptors (Lipinski definition) is 2. The van der Waals surface area contributed by atoms with Crippen LogP contribution in [0.5, 0.6) is 0 Å². The molecule has 1 saturated carbocycles. The van der Waals surface area contributed by atoms with Crippen LogP contribution in [-0.2, 0) is 16.6 Å². The van der Waals surface area contributed by atoms with Gasteiger partial charge >= 0.3 is 0 Å². The van der Waals surface area contributed by atoms with Gasteiger partial charge in [0.1, 0.15) is 11.5 Å². The van der Waals surface area contributed by atoms with Gasteiger partial charge < -0.3 is 14.7 Å². The zero-order valence-electron chi connectivity index (χ0n) is 15.7. The Morgan fingerprint density at radius 2 is 2.00 bits per heavy atom. The Hall–Kier alpha value is -2.49. The molecule has 0 aromatic carbocycles. The zero-order chi connectivity index (χ0) is 17.9. The molecule has 26 heavy (non-hydrogen) atoms. The van der Waals surface area contributed by atoms with Gasteiger partial charge in [-0.1, -0.05) is 0 Å². The lowest BCUT2D eigenvalue weighted by atomic mass is 9.84. The number of nitrogens with zero attached hydrogens (tertiary/aromatic N) is 1. The van der Waals surface area contributed by atoms with Crippen LogP contribution in [0.3, 0.4) is 0 Å². The van der Waals surface area contributed by atoms with Gasteiger partial charge in [-0.25, -0.2) is 4.99 Å². The second-order valence-corrected chi connectivity index (χ2v) is 8.00. The first-order chi connectivity index (χ1) is 12.6. The molecule has 5 rings (SSSR count). The number of aromatic amines is 2. The van der Waals surface area contributed by atoms with Gasteiger partial charge in [-0.05, 0) is 80.7 Å². The van der Waals surface area contributed by atoms with Crippen molar-refractivity contribution >= 4 is 11.8 Å². The fourth-order valence-corrected chi connectivity index (χ4v) is 4.57. The maximum atomic E-state index is 5.60. The average molecular weight is 347 g/mol. The van der Waals surface area contributed by atoms with Crippen LogP contribution in [0.25, 0.3) is 6.08 Å². The van der Waals surface area contributed by atoms with Gasteiger partial charge in [0.15, 0.2) is 0 Å². The van der Waals surface area contributed by atoms with Crippen LogP contribution >= 0.6 is 0 Å².